The van der Waals surface area contributed by atoms with Gasteiger partial charge in [0.05, 0.1) is 12.0 Å². The average Bonchev–Trinajstić information content (AvgIpc) is 2.52. The molecule has 0 aliphatic rings. The quantitative estimate of drug-likeness (QED) is 0.793. The maximum atomic E-state index is 13.1. The van der Waals surface area contributed by atoms with Crippen molar-refractivity contribution in [3.05, 3.63) is 54.3 Å². The molecule has 2 aromatic carbocycles. The molecular formula is C15H16FNO4S. The van der Waals surface area contributed by atoms with Gasteiger partial charge in [0.2, 0.25) is 10.0 Å². The molecule has 22 heavy (non-hydrogen) atoms. The van der Waals surface area contributed by atoms with Crippen molar-refractivity contribution in [3.8, 4) is 11.5 Å². The molecule has 0 atom stereocenters. The number of hydrogen-bond donors (Lipinski definition) is 1. The predicted octanol–water partition coefficient (Wildman–Crippen LogP) is 2.19. The van der Waals surface area contributed by atoms with Crippen LogP contribution in [0.25, 0.3) is 0 Å². The van der Waals surface area contributed by atoms with E-state index in [2.05, 4.69) is 4.72 Å². The van der Waals surface area contributed by atoms with Crippen LogP contribution in [0, 0.1) is 5.82 Å². The van der Waals surface area contributed by atoms with E-state index in [-0.39, 0.29) is 18.0 Å². The molecule has 7 heteroatoms. The van der Waals surface area contributed by atoms with Gasteiger partial charge in [-0.15, -0.1) is 0 Å². The highest BCUT2D eigenvalue weighted by Crippen LogP contribution is 2.25. The fourth-order valence-electron chi connectivity index (χ4n) is 1.79. The number of hydrogen-bond acceptors (Lipinski definition) is 4. The first-order chi connectivity index (χ1) is 10.5. The summed E-state index contributed by atoms with van der Waals surface area (Å²) in [6.45, 7) is 0.172. The van der Waals surface area contributed by atoms with Gasteiger partial charge in [0.15, 0.2) is 11.5 Å². The molecule has 0 bridgehead atoms. The van der Waals surface area contributed by atoms with Gasteiger partial charge in [-0.25, -0.2) is 17.5 Å². The van der Waals surface area contributed by atoms with Crippen LogP contribution < -0.4 is 14.2 Å². The van der Waals surface area contributed by atoms with Crippen molar-refractivity contribution in [3.63, 3.8) is 0 Å². The van der Waals surface area contributed by atoms with Crippen LogP contribution in [-0.4, -0.2) is 28.7 Å². The summed E-state index contributed by atoms with van der Waals surface area (Å²) < 4.78 is 49.9. The lowest BCUT2D eigenvalue weighted by Gasteiger charge is -2.11. The van der Waals surface area contributed by atoms with Crippen LogP contribution in [-0.2, 0) is 10.0 Å². The zero-order valence-electron chi connectivity index (χ0n) is 12.0. The van der Waals surface area contributed by atoms with Crippen molar-refractivity contribution in [1.29, 1.82) is 0 Å². The molecule has 1 N–H and O–H groups in total. The number of methoxy groups -OCH3 is 1. The summed E-state index contributed by atoms with van der Waals surface area (Å²) in [5.41, 5.74) is 0. The van der Waals surface area contributed by atoms with Gasteiger partial charge in [-0.1, -0.05) is 18.2 Å². The Bertz CT molecular complexity index is 734. The van der Waals surface area contributed by atoms with Crippen molar-refractivity contribution in [2.24, 2.45) is 0 Å². The molecular weight excluding hydrogens is 309 g/mol. The Hall–Kier alpha value is -2.12. The van der Waals surface area contributed by atoms with Gasteiger partial charge in [0.25, 0.3) is 0 Å². The zero-order chi connectivity index (χ0) is 16.0. The average molecular weight is 325 g/mol. The fourth-order valence-corrected chi connectivity index (χ4v) is 2.84. The van der Waals surface area contributed by atoms with Gasteiger partial charge >= 0.3 is 0 Å². The van der Waals surface area contributed by atoms with E-state index in [1.54, 1.807) is 24.3 Å². The Labute approximate surface area is 128 Å². The lowest BCUT2D eigenvalue weighted by atomic mass is 10.3. The van der Waals surface area contributed by atoms with Gasteiger partial charge in [-0.05, 0) is 30.3 Å². The van der Waals surface area contributed by atoms with Gasteiger partial charge in [-0.3, -0.25) is 0 Å². The van der Waals surface area contributed by atoms with Gasteiger partial charge < -0.3 is 9.47 Å². The van der Waals surface area contributed by atoms with E-state index in [4.69, 9.17) is 9.47 Å². The van der Waals surface area contributed by atoms with Crippen LogP contribution >= 0.6 is 0 Å². The summed E-state index contributed by atoms with van der Waals surface area (Å²) in [4.78, 5) is -0.121. The minimum absolute atomic E-state index is 0.0525. The van der Waals surface area contributed by atoms with Crippen molar-refractivity contribution in [2.45, 2.75) is 4.90 Å². The lowest BCUT2D eigenvalue weighted by molar-refractivity contribution is 0.298. The van der Waals surface area contributed by atoms with Crippen LogP contribution in [0.1, 0.15) is 0 Å². The number of ether oxygens (including phenoxy) is 2. The fraction of sp³-hybridized carbons (Fsp3) is 0.200. The Kier molecular flexibility index (Phi) is 5.35. The van der Waals surface area contributed by atoms with Crippen LogP contribution in [0.5, 0.6) is 11.5 Å². The summed E-state index contributed by atoms with van der Waals surface area (Å²) in [6.07, 6.45) is 0. The molecule has 0 radical (unpaired) electrons. The first-order valence-electron chi connectivity index (χ1n) is 6.54. The molecule has 0 aromatic heterocycles. The molecule has 5 nitrogen and oxygen atoms in total. The maximum Gasteiger partial charge on any atom is 0.240 e. The predicted molar refractivity (Wildman–Crippen MR) is 80.1 cm³/mol. The van der Waals surface area contributed by atoms with Crippen molar-refractivity contribution >= 4 is 10.0 Å². The Balaban J connectivity index is 1.91. The third kappa shape index (κ3) is 4.19. The molecule has 0 fully saturated rings. The summed E-state index contributed by atoms with van der Waals surface area (Å²) in [6, 6.07) is 11.9. The SMILES string of the molecule is COc1ccccc1OCCNS(=O)(=O)c1cccc(F)c1. The van der Waals surface area contributed by atoms with Crippen molar-refractivity contribution in [1.82, 2.24) is 4.72 Å². The lowest BCUT2D eigenvalue weighted by Crippen LogP contribution is -2.28. The topological polar surface area (TPSA) is 64.6 Å². The second kappa shape index (κ2) is 7.24. The second-order valence-electron chi connectivity index (χ2n) is 4.35. The first-order valence-corrected chi connectivity index (χ1v) is 8.02. The third-order valence-corrected chi connectivity index (χ3v) is 4.29. The van der Waals surface area contributed by atoms with Crippen LogP contribution in [0.2, 0.25) is 0 Å². The standard InChI is InChI=1S/C15H16FNO4S/c1-20-14-7-2-3-8-15(14)21-10-9-17-22(18,19)13-6-4-5-12(16)11-13/h2-8,11,17H,9-10H2,1H3. The van der Waals surface area contributed by atoms with E-state index in [1.165, 1.54) is 25.3 Å². The number of sulfonamides is 1. The molecule has 2 rings (SSSR count). The minimum Gasteiger partial charge on any atom is -0.493 e. The molecule has 0 saturated carbocycles. The molecule has 118 valence electrons. The van der Waals surface area contributed by atoms with E-state index in [0.717, 1.165) is 6.07 Å². The number of benzene rings is 2. The van der Waals surface area contributed by atoms with Crippen LogP contribution in [0.3, 0.4) is 0 Å². The Morgan fingerprint density at radius 3 is 2.50 bits per heavy atom. The highest BCUT2D eigenvalue weighted by molar-refractivity contribution is 7.89. The van der Waals surface area contributed by atoms with Gasteiger partial charge in [0.1, 0.15) is 12.4 Å². The molecule has 0 spiro atoms. The van der Waals surface area contributed by atoms with Gasteiger partial charge in [0, 0.05) is 6.54 Å². The zero-order valence-corrected chi connectivity index (χ0v) is 12.8. The molecule has 0 heterocycles. The Morgan fingerprint density at radius 1 is 1.09 bits per heavy atom. The molecule has 0 aliphatic heterocycles. The van der Waals surface area contributed by atoms with Crippen LogP contribution in [0.15, 0.2) is 53.4 Å². The number of para-hydroxylation sites is 2. The van der Waals surface area contributed by atoms with E-state index in [0.29, 0.717) is 11.5 Å². The van der Waals surface area contributed by atoms with E-state index >= 15 is 0 Å². The Morgan fingerprint density at radius 2 is 1.82 bits per heavy atom. The number of nitrogens with one attached hydrogen (secondary N) is 1. The van der Waals surface area contributed by atoms with Crippen LogP contribution in [0.4, 0.5) is 4.39 Å². The largest absolute Gasteiger partial charge is 0.493 e. The minimum atomic E-state index is -3.75. The summed E-state index contributed by atoms with van der Waals surface area (Å²) in [7, 11) is -2.23. The summed E-state index contributed by atoms with van der Waals surface area (Å²) >= 11 is 0. The van der Waals surface area contributed by atoms with Gasteiger partial charge in [-0.2, -0.15) is 0 Å². The highest BCUT2D eigenvalue weighted by atomic mass is 32.2. The third-order valence-electron chi connectivity index (χ3n) is 2.83. The first kappa shape index (κ1) is 16.3. The highest BCUT2D eigenvalue weighted by Gasteiger charge is 2.14. The molecule has 0 aliphatic carbocycles. The molecule has 0 amide bonds. The second-order valence-corrected chi connectivity index (χ2v) is 6.12. The molecule has 0 unspecified atom stereocenters. The molecule has 2 aromatic rings. The van der Waals surface area contributed by atoms with E-state index in [9.17, 15) is 12.8 Å². The summed E-state index contributed by atoms with van der Waals surface area (Å²) in [5.74, 6) is 0.485. The number of halogens is 1. The summed E-state index contributed by atoms with van der Waals surface area (Å²) in [5, 5.41) is 0. The van der Waals surface area contributed by atoms with Crippen molar-refractivity contribution in [2.75, 3.05) is 20.3 Å². The monoisotopic (exact) mass is 325 g/mol. The molecule has 0 saturated heterocycles. The smallest absolute Gasteiger partial charge is 0.240 e. The maximum absolute atomic E-state index is 13.1. The van der Waals surface area contributed by atoms with Crippen molar-refractivity contribution < 1.29 is 22.3 Å². The number of rotatable bonds is 7. The van der Waals surface area contributed by atoms with E-state index < -0.39 is 15.8 Å². The van der Waals surface area contributed by atoms with E-state index in [1.807, 2.05) is 0 Å². The normalized spacial score (nSPS) is 11.2.